The molecule has 3 rings (SSSR count). The number of nitrogens with two attached hydrogens (primary N) is 1. The molecule has 1 aliphatic heterocycles. The smallest absolute Gasteiger partial charge is 0.224 e. The fourth-order valence-electron chi connectivity index (χ4n) is 4.69. The third-order valence-corrected chi connectivity index (χ3v) is 6.36. The van der Waals surface area contributed by atoms with Crippen LogP contribution in [0.4, 0.5) is 5.69 Å². The van der Waals surface area contributed by atoms with Gasteiger partial charge in [-0.05, 0) is 67.9 Å². The lowest BCUT2D eigenvalue weighted by atomic mass is 9.97. The van der Waals surface area contributed by atoms with Crippen molar-refractivity contribution in [2.24, 2.45) is 5.73 Å². The Morgan fingerprint density at radius 1 is 1.09 bits per heavy atom. The summed E-state index contributed by atoms with van der Waals surface area (Å²) in [7, 11) is 0. The van der Waals surface area contributed by atoms with E-state index in [-0.39, 0.29) is 30.7 Å². The number of piperidine rings is 1. The Kier molecular flexibility index (Phi) is 9.80. The molecular formula is C28H39N3O3. The third-order valence-electron chi connectivity index (χ3n) is 6.36. The summed E-state index contributed by atoms with van der Waals surface area (Å²) in [6.07, 6.45) is 6.70. The Hall–Kier alpha value is -3.02. The molecule has 1 saturated heterocycles. The topological polar surface area (TPSA) is 84.7 Å². The molecule has 184 valence electrons. The highest BCUT2D eigenvalue weighted by molar-refractivity contribution is 5.79. The van der Waals surface area contributed by atoms with Crippen LogP contribution < -0.4 is 20.7 Å². The van der Waals surface area contributed by atoms with Gasteiger partial charge in [0.1, 0.15) is 5.75 Å². The van der Waals surface area contributed by atoms with Crippen molar-refractivity contribution in [3.8, 4) is 5.75 Å². The average molecular weight is 466 g/mol. The number of carbonyl (C=O) groups is 2. The Balaban J connectivity index is 1.73. The summed E-state index contributed by atoms with van der Waals surface area (Å²) >= 11 is 0. The molecule has 2 amide bonds. The van der Waals surface area contributed by atoms with Gasteiger partial charge in [0.05, 0.1) is 19.1 Å². The molecule has 1 aliphatic rings. The number of ether oxygens (including phenoxy) is 1. The van der Waals surface area contributed by atoms with Crippen LogP contribution in [-0.4, -0.2) is 31.5 Å². The minimum atomic E-state index is -0.335. The van der Waals surface area contributed by atoms with Crippen LogP contribution in [0.25, 0.3) is 0 Å². The van der Waals surface area contributed by atoms with Crippen molar-refractivity contribution in [1.29, 1.82) is 0 Å². The number of hydrogen-bond acceptors (Lipinski definition) is 4. The van der Waals surface area contributed by atoms with Crippen molar-refractivity contribution in [3.05, 3.63) is 59.2 Å². The van der Waals surface area contributed by atoms with Crippen molar-refractivity contribution in [3.63, 3.8) is 0 Å². The van der Waals surface area contributed by atoms with E-state index in [1.165, 1.54) is 30.5 Å². The SMILES string of the molecule is CCCC(NC(=O)Cc1ccc(CCC(N)=O)c(OCC)c1)c1ccccc1N1CCCCC1. The molecule has 0 saturated carbocycles. The second kappa shape index (κ2) is 13.0. The Bertz CT molecular complexity index is 954. The quantitative estimate of drug-likeness (QED) is 0.476. The highest BCUT2D eigenvalue weighted by Gasteiger charge is 2.21. The molecule has 1 unspecified atom stereocenters. The maximum absolute atomic E-state index is 13.1. The first-order chi connectivity index (χ1) is 16.5. The first kappa shape index (κ1) is 25.6. The van der Waals surface area contributed by atoms with Gasteiger partial charge in [-0.15, -0.1) is 0 Å². The third kappa shape index (κ3) is 7.24. The number of hydrogen-bond donors (Lipinski definition) is 2. The fraction of sp³-hybridized carbons (Fsp3) is 0.500. The number of amides is 2. The van der Waals surface area contributed by atoms with E-state index in [4.69, 9.17) is 10.5 Å². The summed E-state index contributed by atoms with van der Waals surface area (Å²) in [5.74, 6) is 0.381. The van der Waals surface area contributed by atoms with E-state index in [0.717, 1.165) is 42.8 Å². The fourth-order valence-corrected chi connectivity index (χ4v) is 4.69. The van der Waals surface area contributed by atoms with Gasteiger partial charge in [0.2, 0.25) is 11.8 Å². The number of aryl methyl sites for hydroxylation is 1. The van der Waals surface area contributed by atoms with Gasteiger partial charge in [0.25, 0.3) is 0 Å². The van der Waals surface area contributed by atoms with Crippen LogP contribution in [0.1, 0.15) is 75.1 Å². The van der Waals surface area contributed by atoms with Gasteiger partial charge in [0.15, 0.2) is 0 Å². The van der Waals surface area contributed by atoms with Crippen molar-refractivity contribution < 1.29 is 14.3 Å². The van der Waals surface area contributed by atoms with Crippen LogP contribution in [0.3, 0.4) is 0 Å². The lowest BCUT2D eigenvalue weighted by molar-refractivity contribution is -0.121. The number of para-hydroxylation sites is 1. The zero-order valence-corrected chi connectivity index (χ0v) is 20.6. The molecule has 6 nitrogen and oxygen atoms in total. The van der Waals surface area contributed by atoms with E-state index < -0.39 is 0 Å². The highest BCUT2D eigenvalue weighted by Crippen LogP contribution is 2.31. The van der Waals surface area contributed by atoms with Gasteiger partial charge in [-0.25, -0.2) is 0 Å². The minimum Gasteiger partial charge on any atom is -0.494 e. The minimum absolute atomic E-state index is 0.000711. The number of primary amides is 1. The predicted octanol–water partition coefficient (Wildman–Crippen LogP) is 4.69. The van der Waals surface area contributed by atoms with Gasteiger partial charge in [-0.2, -0.15) is 0 Å². The molecule has 1 fully saturated rings. The molecular weight excluding hydrogens is 426 g/mol. The van der Waals surface area contributed by atoms with Gasteiger partial charge in [-0.1, -0.05) is 43.7 Å². The summed E-state index contributed by atoms with van der Waals surface area (Å²) in [6, 6.07) is 14.3. The number of nitrogens with one attached hydrogen (secondary N) is 1. The molecule has 0 radical (unpaired) electrons. The molecule has 0 aliphatic carbocycles. The zero-order valence-electron chi connectivity index (χ0n) is 20.6. The van der Waals surface area contributed by atoms with Gasteiger partial charge < -0.3 is 20.7 Å². The first-order valence-corrected chi connectivity index (χ1v) is 12.7. The molecule has 0 bridgehead atoms. The summed E-state index contributed by atoms with van der Waals surface area (Å²) in [6.45, 7) is 6.75. The number of anilines is 1. The maximum atomic E-state index is 13.1. The van der Waals surface area contributed by atoms with Crippen molar-refractivity contribution in [2.75, 3.05) is 24.6 Å². The highest BCUT2D eigenvalue weighted by atomic mass is 16.5. The number of nitrogens with zero attached hydrogens (tertiary/aromatic N) is 1. The van der Waals surface area contributed by atoms with Crippen molar-refractivity contribution in [2.45, 2.75) is 71.3 Å². The van der Waals surface area contributed by atoms with E-state index in [1.807, 2.05) is 25.1 Å². The standard InChI is InChI=1S/C28H39N3O3/c1-3-10-24(23-11-6-7-12-25(23)31-17-8-5-9-18-31)30-28(33)20-21-13-14-22(15-16-27(29)32)26(19-21)34-4-2/h6-7,11-14,19,24H,3-5,8-10,15-18,20H2,1-2H3,(H2,29,32)(H,30,33). The molecule has 2 aromatic carbocycles. The largest absolute Gasteiger partial charge is 0.494 e. The summed E-state index contributed by atoms with van der Waals surface area (Å²) in [5, 5.41) is 3.30. The molecule has 2 aromatic rings. The summed E-state index contributed by atoms with van der Waals surface area (Å²) < 4.78 is 5.77. The molecule has 3 N–H and O–H groups in total. The van der Waals surface area contributed by atoms with E-state index >= 15 is 0 Å². The predicted molar refractivity (Wildman–Crippen MR) is 137 cm³/mol. The van der Waals surface area contributed by atoms with Crippen molar-refractivity contribution >= 4 is 17.5 Å². The van der Waals surface area contributed by atoms with E-state index in [9.17, 15) is 9.59 Å². The van der Waals surface area contributed by atoms with Crippen LogP contribution >= 0.6 is 0 Å². The van der Waals surface area contributed by atoms with Gasteiger partial charge in [-0.3, -0.25) is 9.59 Å². The normalized spacial score (nSPS) is 14.5. The second-order valence-corrected chi connectivity index (χ2v) is 9.03. The van der Waals surface area contributed by atoms with Crippen molar-refractivity contribution in [1.82, 2.24) is 5.32 Å². The monoisotopic (exact) mass is 465 g/mol. The molecule has 6 heteroatoms. The zero-order chi connectivity index (χ0) is 24.3. The van der Waals surface area contributed by atoms with Crippen LogP contribution in [0.5, 0.6) is 5.75 Å². The summed E-state index contributed by atoms with van der Waals surface area (Å²) in [5.41, 5.74) is 9.58. The average Bonchev–Trinajstić information content (AvgIpc) is 2.84. The van der Waals surface area contributed by atoms with Crippen LogP contribution in [0, 0.1) is 0 Å². The van der Waals surface area contributed by atoms with E-state index in [0.29, 0.717) is 13.0 Å². The Labute approximate surface area is 203 Å². The number of carbonyl (C=O) groups excluding carboxylic acids is 2. The van der Waals surface area contributed by atoms with E-state index in [1.54, 1.807) is 0 Å². The summed E-state index contributed by atoms with van der Waals surface area (Å²) in [4.78, 5) is 26.7. The molecule has 0 aromatic heterocycles. The first-order valence-electron chi connectivity index (χ1n) is 12.7. The molecule has 1 heterocycles. The lowest BCUT2D eigenvalue weighted by Gasteiger charge is -2.32. The van der Waals surface area contributed by atoms with Gasteiger partial charge in [0, 0.05) is 25.2 Å². The Morgan fingerprint density at radius 2 is 1.85 bits per heavy atom. The molecule has 0 spiro atoms. The number of rotatable bonds is 12. The van der Waals surface area contributed by atoms with Crippen LogP contribution in [0.15, 0.2) is 42.5 Å². The Morgan fingerprint density at radius 3 is 2.56 bits per heavy atom. The maximum Gasteiger partial charge on any atom is 0.224 e. The van der Waals surface area contributed by atoms with Gasteiger partial charge >= 0.3 is 0 Å². The lowest BCUT2D eigenvalue weighted by Crippen LogP contribution is -2.34. The molecule has 1 atom stereocenters. The van der Waals surface area contributed by atoms with Crippen LogP contribution in [-0.2, 0) is 22.4 Å². The van der Waals surface area contributed by atoms with E-state index in [2.05, 4.69) is 41.4 Å². The number of benzene rings is 2. The molecule has 34 heavy (non-hydrogen) atoms. The second-order valence-electron chi connectivity index (χ2n) is 9.03. The van der Waals surface area contributed by atoms with Crippen LogP contribution in [0.2, 0.25) is 0 Å².